The summed E-state index contributed by atoms with van der Waals surface area (Å²) >= 11 is 6.56. The van der Waals surface area contributed by atoms with Crippen LogP contribution < -0.4 is 16.4 Å². The molecule has 2 aliphatic heterocycles. The molecule has 1 aliphatic carbocycles. The van der Waals surface area contributed by atoms with E-state index in [-0.39, 0.29) is 5.54 Å². The van der Waals surface area contributed by atoms with E-state index in [0.29, 0.717) is 30.8 Å². The monoisotopic (exact) mass is 514 g/mol. The number of rotatable bonds is 8. The molecule has 196 valence electrons. The maximum atomic E-state index is 6.56. The molecule has 5 rings (SSSR count). The SMILES string of the molecule is NC1(CNc2cccc(-c3cc(N[C@H]4CC[C@H](CN5CCOCC5)CC4)ncc3Cl)n2)CCOCC1. The standard InChI is InChI=1S/C27H39ClN6O2/c28-23-17-30-26(32-21-6-4-20(5-7-21)18-34-10-14-36-15-11-34)16-22(23)24-2-1-3-25(33-24)31-19-27(29)8-12-35-13-9-27/h1-3,16-17,20-21H,4-15,18-19,29H2,(H,30,32)(H,31,33)/t20-,21-. The van der Waals surface area contributed by atoms with Crippen LogP contribution in [0.5, 0.6) is 0 Å². The fourth-order valence-electron chi connectivity index (χ4n) is 5.47. The molecule has 3 fully saturated rings. The molecule has 0 spiro atoms. The number of nitrogens with one attached hydrogen (secondary N) is 2. The summed E-state index contributed by atoms with van der Waals surface area (Å²) in [5.74, 6) is 2.43. The third-order valence-corrected chi connectivity index (χ3v) is 8.11. The lowest BCUT2D eigenvalue weighted by molar-refractivity contribution is 0.0276. The van der Waals surface area contributed by atoms with Crippen LogP contribution in [-0.4, -0.2) is 79.1 Å². The molecule has 0 amide bonds. The molecular weight excluding hydrogens is 476 g/mol. The molecule has 2 aromatic rings. The van der Waals surface area contributed by atoms with Gasteiger partial charge in [0.15, 0.2) is 0 Å². The highest BCUT2D eigenvalue weighted by Gasteiger charge is 2.28. The molecule has 4 heterocycles. The van der Waals surface area contributed by atoms with Gasteiger partial charge < -0.3 is 25.8 Å². The number of morpholine rings is 1. The molecule has 4 N–H and O–H groups in total. The second-order valence-electron chi connectivity index (χ2n) is 10.6. The van der Waals surface area contributed by atoms with Gasteiger partial charge >= 0.3 is 0 Å². The van der Waals surface area contributed by atoms with Gasteiger partial charge in [0.05, 0.1) is 23.9 Å². The average molecular weight is 515 g/mol. The van der Waals surface area contributed by atoms with Gasteiger partial charge in [0, 0.05) is 62.7 Å². The van der Waals surface area contributed by atoms with Gasteiger partial charge in [-0.15, -0.1) is 0 Å². The Labute approximate surface area is 219 Å². The zero-order chi connectivity index (χ0) is 24.8. The van der Waals surface area contributed by atoms with Gasteiger partial charge in [0.25, 0.3) is 0 Å². The number of ether oxygens (including phenoxy) is 2. The molecule has 0 aromatic carbocycles. The minimum Gasteiger partial charge on any atom is -0.381 e. The molecule has 8 nitrogen and oxygen atoms in total. The second-order valence-corrected chi connectivity index (χ2v) is 11.0. The summed E-state index contributed by atoms with van der Waals surface area (Å²) in [5, 5.41) is 7.67. The van der Waals surface area contributed by atoms with Gasteiger partial charge in [-0.05, 0) is 62.6 Å². The van der Waals surface area contributed by atoms with Gasteiger partial charge in [-0.1, -0.05) is 17.7 Å². The van der Waals surface area contributed by atoms with E-state index in [1.54, 1.807) is 6.20 Å². The first-order chi connectivity index (χ1) is 17.6. The first-order valence-electron chi connectivity index (χ1n) is 13.4. The van der Waals surface area contributed by atoms with Crippen LogP contribution in [0.25, 0.3) is 11.3 Å². The van der Waals surface area contributed by atoms with Crippen molar-refractivity contribution in [3.05, 3.63) is 35.5 Å². The van der Waals surface area contributed by atoms with E-state index in [0.717, 1.165) is 80.8 Å². The second kappa shape index (κ2) is 12.0. The fourth-order valence-corrected chi connectivity index (χ4v) is 5.67. The summed E-state index contributed by atoms with van der Waals surface area (Å²) in [4.78, 5) is 11.9. The van der Waals surface area contributed by atoms with Crippen LogP contribution in [0.1, 0.15) is 38.5 Å². The lowest BCUT2D eigenvalue weighted by Crippen LogP contribution is -2.50. The van der Waals surface area contributed by atoms with E-state index < -0.39 is 0 Å². The predicted molar refractivity (Wildman–Crippen MR) is 145 cm³/mol. The van der Waals surface area contributed by atoms with Crippen LogP contribution in [0.3, 0.4) is 0 Å². The van der Waals surface area contributed by atoms with Gasteiger partial charge in [-0.2, -0.15) is 0 Å². The Bertz CT molecular complexity index is 988. The highest BCUT2D eigenvalue weighted by molar-refractivity contribution is 6.33. The molecule has 36 heavy (non-hydrogen) atoms. The van der Waals surface area contributed by atoms with Crippen molar-refractivity contribution in [1.82, 2.24) is 14.9 Å². The number of hydrogen-bond donors (Lipinski definition) is 3. The molecule has 0 bridgehead atoms. The summed E-state index contributed by atoms with van der Waals surface area (Å²) in [7, 11) is 0. The van der Waals surface area contributed by atoms with E-state index in [1.165, 1.54) is 19.4 Å². The summed E-state index contributed by atoms with van der Waals surface area (Å²) < 4.78 is 10.9. The molecule has 3 aliphatic rings. The summed E-state index contributed by atoms with van der Waals surface area (Å²) in [6, 6.07) is 8.41. The zero-order valence-electron chi connectivity index (χ0n) is 21.1. The lowest BCUT2D eigenvalue weighted by Gasteiger charge is -2.34. The van der Waals surface area contributed by atoms with Crippen molar-refractivity contribution in [3.8, 4) is 11.3 Å². The highest BCUT2D eigenvalue weighted by atomic mass is 35.5. The van der Waals surface area contributed by atoms with Gasteiger partial charge in [0.2, 0.25) is 0 Å². The maximum Gasteiger partial charge on any atom is 0.126 e. The van der Waals surface area contributed by atoms with E-state index in [1.807, 2.05) is 24.3 Å². The van der Waals surface area contributed by atoms with Crippen molar-refractivity contribution >= 4 is 23.2 Å². The van der Waals surface area contributed by atoms with Crippen molar-refractivity contribution in [1.29, 1.82) is 0 Å². The number of nitrogens with zero attached hydrogens (tertiary/aromatic N) is 3. The third-order valence-electron chi connectivity index (χ3n) is 7.81. The lowest BCUT2D eigenvalue weighted by atomic mass is 9.85. The van der Waals surface area contributed by atoms with E-state index in [4.69, 9.17) is 31.8 Å². The number of anilines is 2. The Morgan fingerprint density at radius 2 is 1.78 bits per heavy atom. The van der Waals surface area contributed by atoms with E-state index in [9.17, 15) is 0 Å². The Balaban J connectivity index is 1.17. The smallest absolute Gasteiger partial charge is 0.126 e. The molecule has 2 aromatic heterocycles. The Kier molecular flexibility index (Phi) is 8.59. The molecule has 0 atom stereocenters. The molecule has 0 radical (unpaired) electrons. The van der Waals surface area contributed by atoms with Crippen molar-refractivity contribution in [2.24, 2.45) is 11.7 Å². The minimum absolute atomic E-state index is 0.261. The summed E-state index contributed by atoms with van der Waals surface area (Å²) in [5.41, 5.74) is 7.97. The molecular formula is C27H39ClN6O2. The number of halogens is 1. The van der Waals surface area contributed by atoms with Crippen LogP contribution in [-0.2, 0) is 9.47 Å². The first kappa shape index (κ1) is 25.7. The maximum absolute atomic E-state index is 6.56. The predicted octanol–water partition coefficient (Wildman–Crippen LogP) is 4.02. The number of nitrogens with two attached hydrogens (primary N) is 1. The van der Waals surface area contributed by atoms with Crippen molar-refractivity contribution < 1.29 is 9.47 Å². The van der Waals surface area contributed by atoms with Crippen LogP contribution in [0.2, 0.25) is 5.02 Å². The zero-order valence-corrected chi connectivity index (χ0v) is 21.8. The van der Waals surface area contributed by atoms with Gasteiger partial charge in [0.1, 0.15) is 11.6 Å². The fraction of sp³-hybridized carbons (Fsp3) is 0.630. The van der Waals surface area contributed by atoms with E-state index in [2.05, 4.69) is 20.5 Å². The van der Waals surface area contributed by atoms with Crippen molar-refractivity contribution in [2.75, 3.05) is 63.2 Å². The molecule has 1 saturated carbocycles. The van der Waals surface area contributed by atoms with E-state index >= 15 is 0 Å². The first-order valence-corrected chi connectivity index (χ1v) is 13.7. The molecule has 2 saturated heterocycles. The quantitative estimate of drug-likeness (QED) is 0.486. The highest BCUT2D eigenvalue weighted by Crippen LogP contribution is 2.31. The van der Waals surface area contributed by atoms with Crippen LogP contribution >= 0.6 is 11.6 Å². The van der Waals surface area contributed by atoms with Gasteiger partial charge in [-0.25, -0.2) is 9.97 Å². The van der Waals surface area contributed by atoms with Gasteiger partial charge in [-0.3, -0.25) is 4.90 Å². The summed E-state index contributed by atoms with van der Waals surface area (Å²) in [6.45, 7) is 7.18. The number of hydrogen-bond acceptors (Lipinski definition) is 8. The minimum atomic E-state index is -0.261. The molecule has 9 heteroatoms. The number of pyridine rings is 2. The topological polar surface area (TPSA) is 97.6 Å². The third kappa shape index (κ3) is 6.86. The van der Waals surface area contributed by atoms with Crippen molar-refractivity contribution in [3.63, 3.8) is 0 Å². The molecule has 0 unspecified atom stereocenters. The largest absolute Gasteiger partial charge is 0.381 e. The Morgan fingerprint density at radius 3 is 2.56 bits per heavy atom. The Morgan fingerprint density at radius 1 is 1.03 bits per heavy atom. The van der Waals surface area contributed by atoms with Crippen molar-refractivity contribution in [2.45, 2.75) is 50.1 Å². The summed E-state index contributed by atoms with van der Waals surface area (Å²) in [6.07, 6.45) is 8.25. The van der Waals surface area contributed by atoms with Crippen LogP contribution in [0, 0.1) is 5.92 Å². The average Bonchev–Trinajstić information content (AvgIpc) is 2.91. The Hall–Kier alpha value is -1.97. The van der Waals surface area contributed by atoms with Crippen LogP contribution in [0.15, 0.2) is 30.5 Å². The normalized spacial score (nSPS) is 24.8. The van der Waals surface area contributed by atoms with Crippen LogP contribution in [0.4, 0.5) is 11.6 Å². The number of aromatic nitrogens is 2.